The number of hydrogen-bond acceptors (Lipinski definition) is 6. The molecular weight excluding hydrogens is 977 g/mol. The van der Waals surface area contributed by atoms with Gasteiger partial charge in [-0.1, -0.05) is 237 Å². The quantitative estimate of drug-likeness (QED) is 0.136. The third kappa shape index (κ3) is 8.18. The van der Waals surface area contributed by atoms with Gasteiger partial charge in [0.2, 0.25) is 0 Å². The molecule has 0 amide bonds. The van der Waals surface area contributed by atoms with Crippen molar-refractivity contribution in [3.63, 3.8) is 0 Å². The summed E-state index contributed by atoms with van der Waals surface area (Å²) in [6.07, 6.45) is 0. The summed E-state index contributed by atoms with van der Waals surface area (Å²) in [6, 6.07) is 97.4. The predicted molar refractivity (Wildman–Crippen MR) is 325 cm³/mol. The summed E-state index contributed by atoms with van der Waals surface area (Å²) < 4.78 is 4.79. The monoisotopic (exact) mass is 1020 g/mol. The fraction of sp³-hybridized carbons (Fsp3) is 0. The van der Waals surface area contributed by atoms with E-state index in [1.54, 1.807) is 0 Å². The number of benzene rings is 11. The first kappa shape index (κ1) is 46.4. The van der Waals surface area contributed by atoms with Gasteiger partial charge in [0.15, 0.2) is 34.9 Å². The van der Waals surface area contributed by atoms with E-state index < -0.39 is 0 Å². The highest BCUT2D eigenvalue weighted by Gasteiger charge is 2.22. The molecule has 0 aliphatic carbocycles. The molecule has 15 rings (SSSR count). The van der Waals surface area contributed by atoms with E-state index in [4.69, 9.17) is 29.9 Å². The first-order valence-electron chi connectivity index (χ1n) is 26.8. The van der Waals surface area contributed by atoms with Gasteiger partial charge in [0, 0.05) is 66.1 Å². The molecule has 0 unspecified atom stereocenters. The Kier molecular flexibility index (Phi) is 11.3. The van der Waals surface area contributed by atoms with Crippen molar-refractivity contribution in [2.75, 3.05) is 0 Å². The standard InChI is InChI=1S/C72H46N8/c1-5-22-47(23-6-1)67-73-68(48-24-7-2-8-25-48)76-71(75-67)53-40-42-55(65(45-53)79-61-36-17-13-32-57(61)58-33-14-18-37-62(58)79)51-30-21-31-52(44-51)56-43-41-54(46-66(56)80-63-38-19-15-34-59(63)60-35-16-20-39-64(60)80)72-77-69(49-26-9-3-10-27-49)74-70(78-72)50-28-11-4-12-29-50/h1-46H. The normalized spacial score (nSPS) is 11.5. The van der Waals surface area contributed by atoms with Gasteiger partial charge in [0.05, 0.1) is 33.4 Å². The molecule has 0 atom stereocenters. The lowest BCUT2D eigenvalue weighted by molar-refractivity contribution is 1.07. The summed E-state index contributed by atoms with van der Waals surface area (Å²) in [5.41, 5.74) is 16.0. The largest absolute Gasteiger partial charge is 0.309 e. The van der Waals surface area contributed by atoms with Crippen LogP contribution in [0.2, 0.25) is 0 Å². The molecule has 0 aliphatic rings. The summed E-state index contributed by atoms with van der Waals surface area (Å²) in [4.78, 5) is 30.9. The lowest BCUT2D eigenvalue weighted by atomic mass is 9.95. The molecular formula is C72H46N8. The second kappa shape index (κ2) is 19.6. The number of nitrogens with zero attached hydrogens (tertiary/aromatic N) is 8. The van der Waals surface area contributed by atoms with Gasteiger partial charge in [-0.3, -0.25) is 0 Å². The van der Waals surface area contributed by atoms with E-state index in [2.05, 4.69) is 167 Å². The van der Waals surface area contributed by atoms with E-state index in [0.717, 1.165) is 89.1 Å². The van der Waals surface area contributed by atoms with Crippen molar-refractivity contribution in [3.8, 4) is 102 Å². The highest BCUT2D eigenvalue weighted by Crippen LogP contribution is 2.42. The zero-order valence-electron chi connectivity index (χ0n) is 43.1. The Labute approximate surface area is 461 Å². The zero-order valence-corrected chi connectivity index (χ0v) is 43.1. The maximum Gasteiger partial charge on any atom is 0.164 e. The van der Waals surface area contributed by atoms with Gasteiger partial charge in [-0.25, -0.2) is 29.9 Å². The highest BCUT2D eigenvalue weighted by molar-refractivity contribution is 6.11. The molecule has 0 spiro atoms. The van der Waals surface area contributed by atoms with E-state index in [1.807, 2.05) is 121 Å². The van der Waals surface area contributed by atoms with Gasteiger partial charge in [-0.15, -0.1) is 0 Å². The molecule has 15 aromatic rings. The maximum absolute atomic E-state index is 5.20. The minimum atomic E-state index is 0.584. The van der Waals surface area contributed by atoms with Crippen LogP contribution in [0.3, 0.4) is 0 Å². The molecule has 0 saturated carbocycles. The van der Waals surface area contributed by atoms with E-state index in [0.29, 0.717) is 34.9 Å². The second-order valence-electron chi connectivity index (χ2n) is 19.9. The molecule has 0 saturated heterocycles. The zero-order chi connectivity index (χ0) is 52.9. The Morgan fingerprint density at radius 2 is 0.438 bits per heavy atom. The van der Waals surface area contributed by atoms with Crippen LogP contribution in [0.4, 0.5) is 0 Å². The van der Waals surface area contributed by atoms with Gasteiger partial charge < -0.3 is 9.13 Å². The topological polar surface area (TPSA) is 87.2 Å². The second-order valence-corrected chi connectivity index (χ2v) is 19.9. The minimum absolute atomic E-state index is 0.584. The van der Waals surface area contributed by atoms with Crippen molar-refractivity contribution in [2.45, 2.75) is 0 Å². The van der Waals surface area contributed by atoms with Crippen molar-refractivity contribution in [1.29, 1.82) is 0 Å². The van der Waals surface area contributed by atoms with Crippen molar-refractivity contribution in [1.82, 2.24) is 39.0 Å². The third-order valence-electron chi connectivity index (χ3n) is 15.0. The van der Waals surface area contributed by atoms with Crippen molar-refractivity contribution in [3.05, 3.63) is 279 Å². The van der Waals surface area contributed by atoms with Crippen molar-refractivity contribution < 1.29 is 0 Å². The average Bonchev–Trinajstić information content (AvgIpc) is 4.12. The van der Waals surface area contributed by atoms with Crippen molar-refractivity contribution >= 4 is 43.6 Å². The van der Waals surface area contributed by atoms with Crippen LogP contribution >= 0.6 is 0 Å². The van der Waals surface area contributed by atoms with Crippen LogP contribution in [0.1, 0.15) is 0 Å². The Morgan fingerprint density at radius 1 is 0.188 bits per heavy atom. The fourth-order valence-corrected chi connectivity index (χ4v) is 11.3. The van der Waals surface area contributed by atoms with E-state index in [-0.39, 0.29) is 0 Å². The van der Waals surface area contributed by atoms with Gasteiger partial charge >= 0.3 is 0 Å². The number of para-hydroxylation sites is 4. The SMILES string of the molecule is c1ccc(-c2nc(-c3ccccc3)nc(-c3ccc(-c4cccc(-c5ccc(-c6nc(-c7ccccc7)nc(-c7ccccc7)n6)cc5-n5c6ccccc6c6ccccc65)c4)c(-n4c5ccccc5c5ccccc54)c3)n2)cc1. The number of rotatable bonds is 10. The molecule has 0 N–H and O–H groups in total. The average molecular weight is 1020 g/mol. The summed E-state index contributed by atoms with van der Waals surface area (Å²) in [5, 5.41) is 4.69. The number of fused-ring (bicyclic) bond motifs is 6. The lowest BCUT2D eigenvalue weighted by Gasteiger charge is -2.19. The molecule has 11 aromatic carbocycles. The number of aromatic nitrogens is 8. The predicted octanol–water partition coefficient (Wildman–Crippen LogP) is 17.6. The Hall–Kier alpha value is -11.0. The van der Waals surface area contributed by atoms with Gasteiger partial charge in [-0.2, -0.15) is 0 Å². The van der Waals surface area contributed by atoms with Crippen molar-refractivity contribution in [2.24, 2.45) is 0 Å². The van der Waals surface area contributed by atoms with Crippen LogP contribution in [-0.4, -0.2) is 39.0 Å². The molecule has 4 aromatic heterocycles. The maximum atomic E-state index is 5.20. The van der Waals surface area contributed by atoms with Gasteiger partial charge in [-0.05, 0) is 53.6 Å². The Morgan fingerprint density at radius 3 is 0.738 bits per heavy atom. The van der Waals surface area contributed by atoms with Gasteiger partial charge in [0.1, 0.15) is 0 Å². The fourth-order valence-electron chi connectivity index (χ4n) is 11.3. The molecule has 0 aliphatic heterocycles. The van der Waals surface area contributed by atoms with Crippen LogP contribution in [0.5, 0.6) is 0 Å². The molecule has 80 heavy (non-hydrogen) atoms. The highest BCUT2D eigenvalue weighted by atomic mass is 15.1. The van der Waals surface area contributed by atoms with Gasteiger partial charge in [0.25, 0.3) is 0 Å². The summed E-state index contributed by atoms with van der Waals surface area (Å²) in [5.74, 6) is 3.61. The third-order valence-corrected chi connectivity index (χ3v) is 15.0. The Balaban J connectivity index is 0.952. The van der Waals surface area contributed by atoms with E-state index in [1.165, 1.54) is 21.5 Å². The van der Waals surface area contributed by atoms with Crippen LogP contribution in [0, 0.1) is 0 Å². The van der Waals surface area contributed by atoms with Crippen LogP contribution < -0.4 is 0 Å². The summed E-state index contributed by atoms with van der Waals surface area (Å²) in [6.45, 7) is 0. The minimum Gasteiger partial charge on any atom is -0.309 e. The Bertz CT molecular complexity index is 4290. The molecule has 0 bridgehead atoms. The lowest BCUT2D eigenvalue weighted by Crippen LogP contribution is -2.03. The van der Waals surface area contributed by atoms with Crippen LogP contribution in [-0.2, 0) is 0 Å². The molecule has 8 nitrogen and oxygen atoms in total. The molecule has 374 valence electrons. The van der Waals surface area contributed by atoms with Crippen LogP contribution in [0.15, 0.2) is 279 Å². The van der Waals surface area contributed by atoms with Crippen LogP contribution in [0.25, 0.3) is 146 Å². The smallest absolute Gasteiger partial charge is 0.164 e. The van der Waals surface area contributed by atoms with E-state index in [9.17, 15) is 0 Å². The summed E-state index contributed by atoms with van der Waals surface area (Å²) in [7, 11) is 0. The molecule has 8 heteroatoms. The van der Waals surface area contributed by atoms with E-state index >= 15 is 0 Å². The molecule has 0 radical (unpaired) electrons. The molecule has 4 heterocycles. The first-order valence-corrected chi connectivity index (χ1v) is 26.8. The summed E-state index contributed by atoms with van der Waals surface area (Å²) >= 11 is 0. The number of hydrogen-bond donors (Lipinski definition) is 0. The molecule has 0 fully saturated rings. The first-order chi connectivity index (χ1) is 39.7.